The van der Waals surface area contributed by atoms with Gasteiger partial charge in [0.05, 0.1) is 11.2 Å². The van der Waals surface area contributed by atoms with Crippen molar-refractivity contribution in [1.29, 1.82) is 5.26 Å². The van der Waals surface area contributed by atoms with Crippen LogP contribution in [-0.4, -0.2) is 16.2 Å². The summed E-state index contributed by atoms with van der Waals surface area (Å²) in [5.41, 5.74) is 2.06. The Morgan fingerprint density at radius 2 is 2.00 bits per heavy atom. The molecular weight excluding hydrogens is 260 g/mol. The fourth-order valence-corrected chi connectivity index (χ4v) is 3.25. The van der Waals surface area contributed by atoms with Crippen molar-refractivity contribution in [2.45, 2.75) is 39.2 Å². The first-order chi connectivity index (χ1) is 10.2. The Hall–Kier alpha value is -2.15. The molecule has 0 bridgehead atoms. The highest BCUT2D eigenvalue weighted by Gasteiger charge is 2.28. The molecule has 0 aliphatic heterocycles. The van der Waals surface area contributed by atoms with E-state index in [1.165, 1.54) is 12.8 Å². The average molecular weight is 280 g/mol. The van der Waals surface area contributed by atoms with Gasteiger partial charge in [-0.15, -0.1) is 10.2 Å². The van der Waals surface area contributed by atoms with Gasteiger partial charge in [-0.05, 0) is 24.3 Å². The molecule has 0 spiro atoms. The number of anilines is 1. The van der Waals surface area contributed by atoms with Crippen LogP contribution >= 0.6 is 0 Å². The SMILES string of the molecule is CC1CCCC(Nc2c(C#N)nnc3ccccc23)C1C. The van der Waals surface area contributed by atoms with Crippen molar-refractivity contribution in [2.75, 3.05) is 5.32 Å². The van der Waals surface area contributed by atoms with Crippen LogP contribution in [0.4, 0.5) is 5.69 Å². The molecule has 0 radical (unpaired) electrons. The smallest absolute Gasteiger partial charge is 0.186 e. The highest BCUT2D eigenvalue weighted by molar-refractivity contribution is 5.92. The van der Waals surface area contributed by atoms with Crippen LogP contribution in [0.3, 0.4) is 0 Å². The van der Waals surface area contributed by atoms with Crippen LogP contribution in [0, 0.1) is 23.2 Å². The van der Waals surface area contributed by atoms with Crippen LogP contribution in [0.5, 0.6) is 0 Å². The van der Waals surface area contributed by atoms with Gasteiger partial charge in [-0.3, -0.25) is 0 Å². The second kappa shape index (κ2) is 5.69. The van der Waals surface area contributed by atoms with Crippen molar-refractivity contribution in [3.05, 3.63) is 30.0 Å². The van der Waals surface area contributed by atoms with E-state index < -0.39 is 0 Å². The summed E-state index contributed by atoms with van der Waals surface area (Å²) in [6.07, 6.45) is 3.67. The molecule has 1 N–H and O–H groups in total. The van der Waals surface area contributed by atoms with Gasteiger partial charge in [-0.1, -0.05) is 44.9 Å². The van der Waals surface area contributed by atoms with Crippen molar-refractivity contribution in [2.24, 2.45) is 11.8 Å². The van der Waals surface area contributed by atoms with E-state index in [4.69, 9.17) is 0 Å². The molecule has 2 aromatic rings. The minimum Gasteiger partial charge on any atom is -0.379 e. The molecule has 3 atom stereocenters. The van der Waals surface area contributed by atoms with E-state index in [1.807, 2.05) is 24.3 Å². The normalized spacial score (nSPS) is 25.5. The van der Waals surface area contributed by atoms with E-state index >= 15 is 0 Å². The van der Waals surface area contributed by atoms with E-state index in [0.29, 0.717) is 23.6 Å². The summed E-state index contributed by atoms with van der Waals surface area (Å²) in [4.78, 5) is 0. The molecule has 1 saturated carbocycles. The van der Waals surface area contributed by atoms with Crippen LogP contribution in [0.25, 0.3) is 10.9 Å². The molecule has 0 amide bonds. The summed E-state index contributed by atoms with van der Waals surface area (Å²) in [5, 5.41) is 22.1. The van der Waals surface area contributed by atoms with Gasteiger partial charge in [0.15, 0.2) is 5.69 Å². The Bertz CT molecular complexity index is 689. The molecule has 4 heteroatoms. The van der Waals surface area contributed by atoms with Crippen molar-refractivity contribution >= 4 is 16.6 Å². The number of benzene rings is 1. The number of hydrogen-bond donors (Lipinski definition) is 1. The summed E-state index contributed by atoms with van der Waals surface area (Å²) in [7, 11) is 0. The van der Waals surface area contributed by atoms with Crippen molar-refractivity contribution in [3.63, 3.8) is 0 Å². The highest BCUT2D eigenvalue weighted by atomic mass is 15.1. The molecule has 1 aromatic heterocycles. The van der Waals surface area contributed by atoms with Crippen LogP contribution in [0.15, 0.2) is 24.3 Å². The lowest BCUT2D eigenvalue weighted by atomic mass is 9.78. The number of nitrogens with one attached hydrogen (secondary N) is 1. The van der Waals surface area contributed by atoms with Crippen LogP contribution in [0.2, 0.25) is 0 Å². The van der Waals surface area contributed by atoms with Gasteiger partial charge in [-0.25, -0.2) is 0 Å². The summed E-state index contributed by atoms with van der Waals surface area (Å²) in [6.45, 7) is 4.61. The lowest BCUT2D eigenvalue weighted by molar-refractivity contribution is 0.253. The van der Waals surface area contributed by atoms with Gasteiger partial charge < -0.3 is 5.32 Å². The first-order valence-corrected chi connectivity index (χ1v) is 7.62. The summed E-state index contributed by atoms with van der Waals surface area (Å²) < 4.78 is 0. The van der Waals surface area contributed by atoms with E-state index in [0.717, 1.165) is 23.0 Å². The third kappa shape index (κ3) is 2.56. The zero-order valence-electron chi connectivity index (χ0n) is 12.5. The number of aromatic nitrogens is 2. The molecule has 3 rings (SSSR count). The minimum absolute atomic E-state index is 0.388. The molecule has 4 nitrogen and oxygen atoms in total. The maximum absolute atomic E-state index is 9.33. The third-order valence-electron chi connectivity index (χ3n) is 4.81. The predicted molar refractivity (Wildman–Crippen MR) is 83.8 cm³/mol. The van der Waals surface area contributed by atoms with Gasteiger partial charge in [-0.2, -0.15) is 5.26 Å². The van der Waals surface area contributed by atoms with E-state index in [2.05, 4.69) is 35.4 Å². The molecular formula is C17H20N4. The summed E-state index contributed by atoms with van der Waals surface area (Å²) >= 11 is 0. The molecule has 1 aromatic carbocycles. The van der Waals surface area contributed by atoms with Crippen LogP contribution in [0.1, 0.15) is 38.8 Å². The number of rotatable bonds is 2. The Balaban J connectivity index is 2.01. The monoisotopic (exact) mass is 280 g/mol. The summed E-state index contributed by atoms with van der Waals surface area (Å²) in [6, 6.07) is 10.4. The molecule has 0 saturated heterocycles. The fraction of sp³-hybridized carbons (Fsp3) is 0.471. The Morgan fingerprint density at radius 1 is 1.19 bits per heavy atom. The lowest BCUT2D eigenvalue weighted by Crippen LogP contribution is -2.35. The highest BCUT2D eigenvalue weighted by Crippen LogP contribution is 2.33. The molecule has 108 valence electrons. The molecule has 3 unspecified atom stereocenters. The average Bonchev–Trinajstić information content (AvgIpc) is 2.52. The number of fused-ring (bicyclic) bond motifs is 1. The van der Waals surface area contributed by atoms with Gasteiger partial charge in [0, 0.05) is 11.4 Å². The molecule has 1 aliphatic carbocycles. The quantitative estimate of drug-likeness (QED) is 0.910. The second-order valence-electron chi connectivity index (χ2n) is 6.07. The fourth-order valence-electron chi connectivity index (χ4n) is 3.25. The zero-order valence-corrected chi connectivity index (χ0v) is 12.5. The summed E-state index contributed by atoms with van der Waals surface area (Å²) in [5.74, 6) is 1.31. The second-order valence-corrected chi connectivity index (χ2v) is 6.07. The first-order valence-electron chi connectivity index (χ1n) is 7.62. The Kier molecular flexibility index (Phi) is 3.74. The van der Waals surface area contributed by atoms with E-state index in [1.54, 1.807) is 0 Å². The third-order valence-corrected chi connectivity index (χ3v) is 4.81. The number of hydrogen-bond acceptors (Lipinski definition) is 4. The molecule has 1 aliphatic rings. The lowest BCUT2D eigenvalue weighted by Gasteiger charge is -2.35. The van der Waals surface area contributed by atoms with E-state index in [9.17, 15) is 5.26 Å². The minimum atomic E-state index is 0.388. The number of nitriles is 1. The van der Waals surface area contributed by atoms with Crippen LogP contribution in [-0.2, 0) is 0 Å². The maximum atomic E-state index is 9.33. The molecule has 1 fully saturated rings. The van der Waals surface area contributed by atoms with Crippen molar-refractivity contribution in [1.82, 2.24) is 10.2 Å². The van der Waals surface area contributed by atoms with Crippen LogP contribution < -0.4 is 5.32 Å². The zero-order chi connectivity index (χ0) is 14.8. The van der Waals surface area contributed by atoms with Gasteiger partial charge in [0.2, 0.25) is 0 Å². The van der Waals surface area contributed by atoms with Crippen molar-refractivity contribution < 1.29 is 0 Å². The molecule has 1 heterocycles. The van der Waals surface area contributed by atoms with Gasteiger partial charge in [0.25, 0.3) is 0 Å². The maximum Gasteiger partial charge on any atom is 0.186 e. The standard InChI is InChI=1S/C17H20N4/c1-11-6-5-9-14(12(11)2)19-17-13-7-3-4-8-15(13)20-21-16(17)10-18/h3-4,7-8,11-12,14H,5-6,9H2,1-2H3,(H,19,20). The topological polar surface area (TPSA) is 61.6 Å². The van der Waals surface area contributed by atoms with Gasteiger partial charge in [0.1, 0.15) is 6.07 Å². The predicted octanol–water partition coefficient (Wildman–Crippen LogP) is 3.74. The molecule has 21 heavy (non-hydrogen) atoms. The van der Waals surface area contributed by atoms with Gasteiger partial charge >= 0.3 is 0 Å². The number of nitrogens with zero attached hydrogens (tertiary/aromatic N) is 3. The van der Waals surface area contributed by atoms with E-state index in [-0.39, 0.29) is 0 Å². The van der Waals surface area contributed by atoms with Crippen molar-refractivity contribution in [3.8, 4) is 6.07 Å². The first kappa shape index (κ1) is 13.8. The largest absolute Gasteiger partial charge is 0.379 e. The Labute approximate surface area is 125 Å². The Morgan fingerprint density at radius 3 is 2.81 bits per heavy atom.